The summed E-state index contributed by atoms with van der Waals surface area (Å²) in [5.41, 5.74) is 0. The van der Waals surface area contributed by atoms with Gasteiger partial charge in [0, 0.05) is 138 Å². The van der Waals surface area contributed by atoms with Crippen molar-refractivity contribution in [3.63, 3.8) is 0 Å². The van der Waals surface area contributed by atoms with Gasteiger partial charge in [0.25, 0.3) is 0 Å². The lowest BCUT2D eigenvalue weighted by Gasteiger charge is -2.42. The topological polar surface area (TPSA) is 578 Å². The molecule has 3 aliphatic heterocycles. The lowest BCUT2D eigenvalue weighted by atomic mass is 9.97. The number of phosphoric acid groups is 2. The maximum Gasteiger partial charge on any atom is 0.473 e. The summed E-state index contributed by atoms with van der Waals surface area (Å²) in [5, 5.41) is 108. The van der Waals surface area contributed by atoms with Gasteiger partial charge < -0.3 is 125 Å². The molecule has 0 saturated carbocycles. The third-order valence-electron chi connectivity index (χ3n) is 19.9. The van der Waals surface area contributed by atoms with E-state index >= 15 is 0 Å². The highest BCUT2D eigenvalue weighted by atomic mass is 31.2. The molecule has 0 radical (unpaired) electrons. The van der Waals surface area contributed by atoms with Crippen LogP contribution in [0, 0.1) is 5.92 Å². The van der Waals surface area contributed by atoms with Crippen LogP contribution >= 0.6 is 15.6 Å². The van der Waals surface area contributed by atoms with Crippen LogP contribution in [0.2, 0.25) is 0 Å². The summed E-state index contributed by atoms with van der Waals surface area (Å²) >= 11 is 0. The predicted octanol–water partition coefficient (Wildman–Crippen LogP) is 2.29. The molecule has 3 rings (SSSR count). The number of carbonyl (C=O) groups excluding carboxylic acids is 9. The largest absolute Gasteiger partial charge is 0.473 e. The summed E-state index contributed by atoms with van der Waals surface area (Å²) in [7, 11) is -8.41. The average molecular weight is 1790 g/mol. The molecule has 0 aliphatic carbocycles. The Morgan fingerprint density at radius 1 is 0.347 bits per heavy atom. The minimum Gasteiger partial charge on any atom is -0.395 e. The zero-order valence-electron chi connectivity index (χ0n) is 72.1. The van der Waals surface area contributed by atoms with Crippen molar-refractivity contribution in [3.05, 3.63) is 0 Å². The molecule has 3 fully saturated rings. The summed E-state index contributed by atoms with van der Waals surface area (Å²) in [6.45, 7) is 5.36. The van der Waals surface area contributed by atoms with Crippen molar-refractivity contribution < 1.29 is 164 Å². The zero-order chi connectivity index (χ0) is 90.3. The number of aliphatic hydroxyl groups is 10. The van der Waals surface area contributed by atoms with E-state index in [1.54, 1.807) is 0 Å². The molecular weight excluding hydrogens is 1640 g/mol. The molecule has 121 heavy (non-hydrogen) atoms. The van der Waals surface area contributed by atoms with Gasteiger partial charge in [0.2, 0.25) is 35.4 Å². The van der Waals surface area contributed by atoms with Crippen LogP contribution in [0.15, 0.2) is 0 Å². The highest BCUT2D eigenvalue weighted by molar-refractivity contribution is 7.47. The summed E-state index contributed by atoms with van der Waals surface area (Å²) in [6, 6.07) is -3.18. The van der Waals surface area contributed by atoms with Gasteiger partial charge in [-0.05, 0) is 83.0 Å². The average Bonchev–Trinajstić information content (AvgIpc) is 0.817. The van der Waals surface area contributed by atoms with E-state index in [0.29, 0.717) is 167 Å². The van der Waals surface area contributed by atoms with Crippen molar-refractivity contribution in [1.82, 2.24) is 30.7 Å². The maximum absolute atomic E-state index is 13.7. The van der Waals surface area contributed by atoms with Gasteiger partial charge in [-0.25, -0.2) is 9.13 Å². The molecule has 706 valence electrons. The first-order valence-electron chi connectivity index (χ1n) is 42.8. The van der Waals surface area contributed by atoms with E-state index in [4.69, 9.17) is 51.3 Å². The minimum atomic E-state index is -4.98. The number of rotatable bonds is 68. The first-order chi connectivity index (χ1) is 57.5. The second kappa shape index (κ2) is 65.0. The third kappa shape index (κ3) is 49.3. The molecule has 0 bridgehead atoms. The molecule has 40 nitrogen and oxygen atoms in total. The van der Waals surface area contributed by atoms with Crippen molar-refractivity contribution in [1.29, 1.82) is 0 Å². The number of Topliss-reactive ketones (excluding diaryl/α,β-unsaturated/α-hetero) is 3. The van der Waals surface area contributed by atoms with Crippen LogP contribution in [-0.2, 0) is 104 Å². The molecule has 3 aliphatic rings. The molecule has 0 aromatic carbocycles. The number of amides is 6. The number of hydrogen-bond acceptors (Lipinski definition) is 32. The van der Waals surface area contributed by atoms with Crippen molar-refractivity contribution in [2.24, 2.45) is 5.92 Å². The van der Waals surface area contributed by atoms with E-state index in [1.807, 2.05) is 0 Å². The number of aliphatic hydroxyl groups excluding tert-OH is 10. The molecule has 15 N–H and O–H groups in total. The predicted molar refractivity (Wildman–Crippen MR) is 435 cm³/mol. The van der Waals surface area contributed by atoms with E-state index in [-0.39, 0.29) is 107 Å². The molecular formula is C79H146N6O34P2. The summed E-state index contributed by atoms with van der Waals surface area (Å²) in [4.78, 5) is 139. The molecule has 6 amide bonds. The fraction of sp³-hybridized carbons (Fsp3) is 0.886. The fourth-order valence-corrected chi connectivity index (χ4v) is 14.6. The summed E-state index contributed by atoms with van der Waals surface area (Å²) in [6.07, 6.45) is -1.52. The van der Waals surface area contributed by atoms with Crippen LogP contribution in [-0.4, -0.2) is 340 Å². The maximum atomic E-state index is 13.7. The van der Waals surface area contributed by atoms with E-state index < -0.39 is 191 Å². The van der Waals surface area contributed by atoms with Crippen LogP contribution in [0.25, 0.3) is 0 Å². The summed E-state index contributed by atoms with van der Waals surface area (Å²) in [5.74, 6) is -1.70. The number of hydrogen-bond donors (Lipinski definition) is 15. The van der Waals surface area contributed by atoms with E-state index in [1.165, 1.54) is 37.7 Å². The molecule has 17 atom stereocenters. The molecule has 0 aromatic heterocycles. The van der Waals surface area contributed by atoms with Gasteiger partial charge >= 0.3 is 15.6 Å². The smallest absolute Gasteiger partial charge is 0.395 e. The number of nitrogens with one attached hydrogen (secondary N) is 3. The van der Waals surface area contributed by atoms with Crippen LogP contribution in [0.1, 0.15) is 234 Å². The van der Waals surface area contributed by atoms with Crippen molar-refractivity contribution in [2.45, 2.75) is 326 Å². The number of nitrogens with zero attached hydrogens (tertiary/aromatic N) is 3. The molecule has 17 unspecified atom stereocenters. The van der Waals surface area contributed by atoms with Gasteiger partial charge in [0.1, 0.15) is 97.1 Å². The Hall–Kier alpha value is -4.63. The molecule has 42 heteroatoms. The van der Waals surface area contributed by atoms with Gasteiger partial charge in [-0.15, -0.1) is 0 Å². The van der Waals surface area contributed by atoms with Crippen LogP contribution in [0.3, 0.4) is 0 Å². The van der Waals surface area contributed by atoms with Crippen molar-refractivity contribution in [2.75, 3.05) is 119 Å². The Balaban J connectivity index is 0.0000121. The Morgan fingerprint density at radius 3 is 0.868 bits per heavy atom. The molecule has 0 aromatic rings. The quantitative estimate of drug-likeness (QED) is 0.0236. The van der Waals surface area contributed by atoms with E-state index in [9.17, 15) is 113 Å². The second-order valence-corrected chi connectivity index (χ2v) is 34.2. The number of methoxy groups -OCH3 is 1. The number of carbonyl (C=O) groups is 9. The van der Waals surface area contributed by atoms with Gasteiger partial charge in [-0.3, -0.25) is 61.2 Å². The standard InChI is InChI=1S/C75H136N6O34P2.C4H10/c1-52(86)76-64-70(98)67(95)58(48-83)113-73(64)106-41-23-11-17-29-55(89)26-14-5-8-20-32-61(92)79(35-40-82)37-45-111-117(103,104)112-51-81(63(94)34-22-10-7-16-28-57(91)31-19-13-25-43-108-75-66(78-54(3)88)72(100)69(97)60(50-85)115-75)39-47-110-116(101,102)109-46-38-80(36-44-105-4)62(93)33-21-9-6-15-27-56(90)30-18-12-24-42-107-74-65(77-53(2)87)71(99)68(96)59(49-84)114-74;1-4(2)3/h58-60,64-75,82-85,95-100H,5-51H2,1-4H3,(H,76,86)(H,77,87)(H,78,88)(H,101,102)(H,103,104);4H,1-3H3. The first-order valence-corrected chi connectivity index (χ1v) is 45.8. The van der Waals surface area contributed by atoms with Crippen molar-refractivity contribution in [3.8, 4) is 0 Å². The Morgan fingerprint density at radius 2 is 0.595 bits per heavy atom. The van der Waals surface area contributed by atoms with Gasteiger partial charge in [-0.2, -0.15) is 0 Å². The number of ketones is 3. The molecule has 3 heterocycles. The van der Waals surface area contributed by atoms with Crippen LogP contribution in [0.4, 0.5) is 0 Å². The fourth-order valence-electron chi connectivity index (χ4n) is 13.3. The van der Waals surface area contributed by atoms with Gasteiger partial charge in [0.15, 0.2) is 18.9 Å². The number of phosphoric ester groups is 2. The first kappa shape index (κ1) is 112. The van der Waals surface area contributed by atoms with Crippen molar-refractivity contribution >= 4 is 68.4 Å². The molecule has 3 saturated heterocycles. The van der Waals surface area contributed by atoms with E-state index in [2.05, 4.69) is 36.7 Å². The summed E-state index contributed by atoms with van der Waals surface area (Å²) < 4.78 is 86.4. The second-order valence-electron chi connectivity index (χ2n) is 31.3. The number of unbranched alkanes of at least 4 members (excludes halogenated alkanes) is 15. The lowest BCUT2D eigenvalue weighted by molar-refractivity contribution is -0.270. The van der Waals surface area contributed by atoms with Gasteiger partial charge in [0.05, 0.1) is 52.9 Å². The lowest BCUT2D eigenvalue weighted by Crippen LogP contribution is -2.64. The van der Waals surface area contributed by atoms with E-state index in [0.717, 1.165) is 10.8 Å². The zero-order valence-corrected chi connectivity index (χ0v) is 73.8. The Bertz CT molecular complexity index is 3010. The minimum absolute atomic E-state index is 0.0170. The number of ether oxygens (including phenoxy) is 7. The highest BCUT2D eigenvalue weighted by Crippen LogP contribution is 2.44. The van der Waals surface area contributed by atoms with Crippen LogP contribution in [0.5, 0.6) is 0 Å². The molecule has 0 spiro atoms. The monoisotopic (exact) mass is 1780 g/mol. The Kier molecular flexibility index (Phi) is 60.4. The highest BCUT2D eigenvalue weighted by Gasteiger charge is 2.48. The third-order valence-corrected chi connectivity index (χ3v) is 21.9. The van der Waals surface area contributed by atoms with Gasteiger partial charge in [-0.1, -0.05) is 78.6 Å². The van der Waals surface area contributed by atoms with Crippen LogP contribution < -0.4 is 16.0 Å². The normalized spacial score (nSPS) is 23.9. The SMILES string of the molecule is CC(C)C.COCCN(CCOP(=O)(O)OCCN(COP(=O)(O)OCCN(CCO)C(=O)CCCCCCC(=O)CCCCCOC1OC(CO)C(O)C(O)C1NC(C)=O)C(=O)CCCCCCC(=O)CCCCCOC1OC(CO)C(O)C(O)C1NC(C)=O)C(=O)CCCCCCC(=O)CCCCCOC1OC(CO)C(O)C(O)C1NC(C)=O. The Labute approximate surface area is 711 Å².